The number of halogens is 1. The number of aromatic nitrogens is 3. The highest BCUT2D eigenvalue weighted by molar-refractivity contribution is 5.39. The van der Waals surface area contributed by atoms with Crippen LogP contribution >= 0.6 is 0 Å². The zero-order valence-electron chi connectivity index (χ0n) is 10.2. The quantitative estimate of drug-likeness (QED) is 0.828. The van der Waals surface area contributed by atoms with Crippen molar-refractivity contribution in [3.8, 4) is 0 Å². The molecule has 0 fully saturated rings. The summed E-state index contributed by atoms with van der Waals surface area (Å²) in [6.45, 7) is 0. The lowest BCUT2D eigenvalue weighted by molar-refractivity contribution is 0.562. The molecule has 0 saturated carbocycles. The Balaban J connectivity index is 1.86. The van der Waals surface area contributed by atoms with E-state index in [-0.39, 0.29) is 6.04 Å². The van der Waals surface area contributed by atoms with Gasteiger partial charge < -0.3 is 5.32 Å². The van der Waals surface area contributed by atoms with Gasteiger partial charge in [0.05, 0.1) is 12.2 Å². The van der Waals surface area contributed by atoms with E-state index in [4.69, 9.17) is 0 Å². The van der Waals surface area contributed by atoms with E-state index in [0.29, 0.717) is 5.82 Å². The highest BCUT2D eigenvalue weighted by Gasteiger charge is 2.23. The Morgan fingerprint density at radius 2 is 2.33 bits per heavy atom. The zero-order valence-corrected chi connectivity index (χ0v) is 10.2. The molecule has 18 heavy (non-hydrogen) atoms. The number of aryl methyl sites for hydroxylation is 1. The molecule has 5 heteroatoms. The largest absolute Gasteiger partial charge is 0.363 e. The smallest absolute Gasteiger partial charge is 0.214 e. The summed E-state index contributed by atoms with van der Waals surface area (Å²) >= 11 is 0. The van der Waals surface area contributed by atoms with E-state index >= 15 is 0 Å². The van der Waals surface area contributed by atoms with Crippen molar-refractivity contribution in [2.24, 2.45) is 7.05 Å². The second-order valence-corrected chi connectivity index (χ2v) is 4.60. The summed E-state index contributed by atoms with van der Waals surface area (Å²) in [6.07, 6.45) is 5.09. The Labute approximate surface area is 105 Å². The van der Waals surface area contributed by atoms with Crippen molar-refractivity contribution >= 4 is 5.82 Å². The van der Waals surface area contributed by atoms with Gasteiger partial charge in [-0.05, 0) is 31.4 Å². The molecule has 0 saturated heterocycles. The van der Waals surface area contributed by atoms with Crippen LogP contribution in [0.4, 0.5) is 10.2 Å². The molecule has 1 atom stereocenters. The fourth-order valence-corrected chi connectivity index (χ4v) is 2.52. The van der Waals surface area contributed by atoms with Gasteiger partial charge in [0.1, 0.15) is 5.82 Å². The topological polar surface area (TPSA) is 42.7 Å². The molecule has 0 aliphatic heterocycles. The zero-order chi connectivity index (χ0) is 12.5. The predicted octanol–water partition coefficient (Wildman–Crippen LogP) is 2.44. The van der Waals surface area contributed by atoms with Crippen LogP contribution in [0.3, 0.4) is 0 Å². The fraction of sp³-hybridized carbons (Fsp3) is 0.385. The van der Waals surface area contributed by atoms with Crippen molar-refractivity contribution in [3.63, 3.8) is 0 Å². The van der Waals surface area contributed by atoms with Gasteiger partial charge in [0, 0.05) is 18.3 Å². The van der Waals surface area contributed by atoms with Crippen LogP contribution in [0.2, 0.25) is 0 Å². The predicted molar refractivity (Wildman–Crippen MR) is 66.7 cm³/mol. The Hall–Kier alpha value is -1.91. The molecular formula is C13H15FN4. The Bertz CT molecular complexity index is 564. The van der Waals surface area contributed by atoms with Crippen molar-refractivity contribution in [1.29, 1.82) is 0 Å². The van der Waals surface area contributed by atoms with Crippen LogP contribution in [0.25, 0.3) is 0 Å². The molecular weight excluding hydrogens is 231 g/mol. The van der Waals surface area contributed by atoms with Gasteiger partial charge in [0.25, 0.3) is 0 Å². The van der Waals surface area contributed by atoms with Crippen LogP contribution in [0.1, 0.15) is 30.1 Å². The fourth-order valence-electron chi connectivity index (χ4n) is 2.52. The van der Waals surface area contributed by atoms with E-state index in [2.05, 4.69) is 15.4 Å². The number of hydrogen-bond donors (Lipinski definition) is 1. The summed E-state index contributed by atoms with van der Waals surface area (Å²) in [4.78, 5) is 3.84. The van der Waals surface area contributed by atoms with Gasteiger partial charge in [-0.3, -0.25) is 4.68 Å². The Kier molecular flexibility index (Phi) is 2.74. The van der Waals surface area contributed by atoms with E-state index in [9.17, 15) is 4.39 Å². The summed E-state index contributed by atoms with van der Waals surface area (Å²) in [6, 6.07) is 4.98. The van der Waals surface area contributed by atoms with E-state index in [1.54, 1.807) is 12.1 Å². The van der Waals surface area contributed by atoms with Gasteiger partial charge in [-0.2, -0.15) is 9.49 Å². The van der Waals surface area contributed by atoms with Crippen molar-refractivity contribution < 1.29 is 4.39 Å². The second kappa shape index (κ2) is 4.40. The molecule has 1 aliphatic carbocycles. The number of hydrogen-bond acceptors (Lipinski definition) is 3. The molecule has 0 spiro atoms. The number of fused-ring (bicyclic) bond motifs is 1. The standard InChI is InChI=1S/C13H15FN4/c1-18-11-5-2-4-10(9(11)8-15-18)16-13-7-3-6-12(14)17-13/h3,6-8,10H,2,4-5H2,1H3,(H,16,17). The van der Waals surface area contributed by atoms with Crippen LogP contribution in [0.5, 0.6) is 0 Å². The molecule has 2 aromatic rings. The highest BCUT2D eigenvalue weighted by atomic mass is 19.1. The summed E-state index contributed by atoms with van der Waals surface area (Å²) in [5.41, 5.74) is 2.46. The average Bonchev–Trinajstić information content (AvgIpc) is 2.73. The van der Waals surface area contributed by atoms with Crippen molar-refractivity contribution in [1.82, 2.24) is 14.8 Å². The molecule has 1 N–H and O–H groups in total. The minimum Gasteiger partial charge on any atom is -0.363 e. The first kappa shape index (κ1) is 11.2. The minimum atomic E-state index is -0.456. The van der Waals surface area contributed by atoms with E-state index in [1.165, 1.54) is 17.3 Å². The lowest BCUT2D eigenvalue weighted by Gasteiger charge is -2.24. The van der Waals surface area contributed by atoms with E-state index < -0.39 is 5.95 Å². The molecule has 0 radical (unpaired) electrons. The lowest BCUT2D eigenvalue weighted by atomic mass is 9.93. The van der Waals surface area contributed by atoms with Gasteiger partial charge in [0.15, 0.2) is 0 Å². The maximum absolute atomic E-state index is 13.1. The minimum absolute atomic E-state index is 0.178. The molecule has 0 bridgehead atoms. The summed E-state index contributed by atoms with van der Waals surface area (Å²) in [5.74, 6) is 0.124. The van der Waals surface area contributed by atoms with Crippen LogP contribution in [-0.2, 0) is 13.5 Å². The van der Waals surface area contributed by atoms with Gasteiger partial charge in [-0.15, -0.1) is 0 Å². The van der Waals surface area contributed by atoms with Gasteiger partial charge in [0.2, 0.25) is 5.95 Å². The first-order valence-electron chi connectivity index (χ1n) is 6.14. The molecule has 3 rings (SSSR count). The summed E-state index contributed by atoms with van der Waals surface area (Å²) in [5, 5.41) is 7.58. The molecule has 1 aliphatic rings. The normalized spacial score (nSPS) is 18.4. The first-order valence-corrected chi connectivity index (χ1v) is 6.14. The number of anilines is 1. The Morgan fingerprint density at radius 1 is 1.44 bits per heavy atom. The second-order valence-electron chi connectivity index (χ2n) is 4.60. The SMILES string of the molecule is Cn1ncc2c1CCCC2Nc1cccc(F)n1. The number of nitrogens with one attached hydrogen (secondary N) is 1. The Morgan fingerprint density at radius 3 is 3.17 bits per heavy atom. The maximum atomic E-state index is 13.1. The van der Waals surface area contributed by atoms with E-state index in [1.807, 2.05) is 17.9 Å². The van der Waals surface area contributed by atoms with Gasteiger partial charge >= 0.3 is 0 Å². The first-order chi connectivity index (χ1) is 8.74. The van der Waals surface area contributed by atoms with Crippen molar-refractivity contribution in [3.05, 3.63) is 41.6 Å². The van der Waals surface area contributed by atoms with E-state index in [0.717, 1.165) is 19.3 Å². The van der Waals surface area contributed by atoms with Gasteiger partial charge in [-0.25, -0.2) is 4.98 Å². The third kappa shape index (κ3) is 1.96. The van der Waals surface area contributed by atoms with Crippen LogP contribution in [0, 0.1) is 5.95 Å². The summed E-state index contributed by atoms with van der Waals surface area (Å²) < 4.78 is 15.0. The molecule has 94 valence electrons. The van der Waals surface area contributed by atoms with Crippen LogP contribution in [-0.4, -0.2) is 14.8 Å². The van der Waals surface area contributed by atoms with Crippen LogP contribution in [0.15, 0.2) is 24.4 Å². The van der Waals surface area contributed by atoms with Crippen molar-refractivity contribution in [2.75, 3.05) is 5.32 Å². The third-order valence-electron chi connectivity index (χ3n) is 3.41. The lowest BCUT2D eigenvalue weighted by Crippen LogP contribution is -2.18. The molecule has 1 unspecified atom stereocenters. The highest BCUT2D eigenvalue weighted by Crippen LogP contribution is 2.31. The molecule has 2 aromatic heterocycles. The van der Waals surface area contributed by atoms with Crippen LogP contribution < -0.4 is 5.32 Å². The molecule has 4 nitrogen and oxygen atoms in total. The number of pyridine rings is 1. The maximum Gasteiger partial charge on any atom is 0.214 e. The third-order valence-corrected chi connectivity index (χ3v) is 3.41. The van der Waals surface area contributed by atoms with Crippen molar-refractivity contribution in [2.45, 2.75) is 25.3 Å². The number of nitrogens with zero attached hydrogens (tertiary/aromatic N) is 3. The molecule has 0 aromatic carbocycles. The number of rotatable bonds is 2. The summed E-state index contributed by atoms with van der Waals surface area (Å²) in [7, 11) is 1.96. The monoisotopic (exact) mass is 246 g/mol. The average molecular weight is 246 g/mol. The molecule has 2 heterocycles. The molecule has 0 amide bonds. The van der Waals surface area contributed by atoms with Gasteiger partial charge in [-0.1, -0.05) is 6.07 Å².